The molecule has 6 heteroatoms. The Morgan fingerprint density at radius 2 is 1.17 bits per heavy atom. The molecule has 1 atom stereocenters. The maximum Gasteiger partial charge on any atom is 0.333 e. The van der Waals surface area contributed by atoms with Crippen LogP contribution in [0.25, 0.3) is 10.8 Å². The Labute approximate surface area is 351 Å². The van der Waals surface area contributed by atoms with Crippen LogP contribution in [0.15, 0.2) is 134 Å². The number of benzene rings is 6. The second kappa shape index (κ2) is 18.6. The normalized spacial score (nSPS) is 11.7. The number of hydrogen-bond donors (Lipinski definition) is 1. The third-order valence-corrected chi connectivity index (χ3v) is 11.1. The van der Waals surface area contributed by atoms with Gasteiger partial charge < -0.3 is 24.6 Å². The number of nitrogens with one attached hydrogen (secondary N) is 1. The summed E-state index contributed by atoms with van der Waals surface area (Å²) in [6.07, 6.45) is 1.17. The van der Waals surface area contributed by atoms with E-state index in [-0.39, 0.29) is 12.5 Å². The van der Waals surface area contributed by atoms with Gasteiger partial charge in [-0.25, -0.2) is 4.79 Å². The summed E-state index contributed by atoms with van der Waals surface area (Å²) >= 11 is 0. The van der Waals surface area contributed by atoms with Crippen molar-refractivity contribution < 1.29 is 14.3 Å². The molecule has 0 saturated heterocycles. The highest BCUT2D eigenvalue weighted by Crippen LogP contribution is 2.41. The van der Waals surface area contributed by atoms with E-state index in [0.717, 1.165) is 27.8 Å². The van der Waals surface area contributed by atoms with E-state index in [1.54, 1.807) is 13.0 Å². The van der Waals surface area contributed by atoms with Crippen LogP contribution >= 0.6 is 0 Å². The van der Waals surface area contributed by atoms with Crippen LogP contribution in [0.3, 0.4) is 0 Å². The van der Waals surface area contributed by atoms with Crippen LogP contribution in [-0.2, 0) is 14.3 Å². The lowest BCUT2D eigenvalue weighted by molar-refractivity contribution is -0.146. The molecule has 0 fully saturated rings. The fourth-order valence-electron chi connectivity index (χ4n) is 8.61. The summed E-state index contributed by atoms with van der Waals surface area (Å²) in [5.41, 5.74) is 17.2. The zero-order chi connectivity index (χ0) is 42.4. The average Bonchev–Trinajstić information content (AvgIpc) is 3.20. The summed E-state index contributed by atoms with van der Waals surface area (Å²) in [6.45, 7) is 23.2. The van der Waals surface area contributed by atoms with Gasteiger partial charge in [-0.1, -0.05) is 103 Å². The smallest absolute Gasteiger partial charge is 0.333 e. The van der Waals surface area contributed by atoms with Gasteiger partial charge in [0.2, 0.25) is 0 Å². The largest absolute Gasteiger partial charge is 0.455 e. The molecule has 59 heavy (non-hydrogen) atoms. The second-order valence-electron chi connectivity index (χ2n) is 16.0. The molecule has 0 saturated carbocycles. The van der Waals surface area contributed by atoms with Gasteiger partial charge in [-0.3, -0.25) is 0 Å². The fourth-order valence-corrected chi connectivity index (χ4v) is 8.61. The first-order chi connectivity index (χ1) is 28.3. The Kier molecular flexibility index (Phi) is 13.4. The molecule has 1 N–H and O–H groups in total. The number of aryl methyl sites for hydroxylation is 6. The molecule has 0 aliphatic carbocycles. The van der Waals surface area contributed by atoms with Gasteiger partial charge in [-0.15, -0.1) is 6.58 Å². The van der Waals surface area contributed by atoms with E-state index in [9.17, 15) is 4.79 Å². The summed E-state index contributed by atoms with van der Waals surface area (Å²) in [4.78, 5) is 17.1. The number of anilines is 5. The van der Waals surface area contributed by atoms with E-state index in [0.29, 0.717) is 18.7 Å². The highest BCUT2D eigenvalue weighted by Gasteiger charge is 2.23. The molecule has 0 amide bonds. The predicted molar refractivity (Wildman–Crippen MR) is 249 cm³/mol. The SMILES string of the molecule is C=CCOCC(CNc1ccc(C(c2ccc(N(C)c3c(C)cc(C)cc3C)cc2)c2ccc(N(C)c3c(C)cc(C)cc3C)cc2)c2ccccc12)OC(=O)C(=C)C. The minimum Gasteiger partial charge on any atom is -0.455 e. The quantitative estimate of drug-likeness (QED) is 0.0347. The molecule has 6 nitrogen and oxygen atoms in total. The molecular formula is C53H59N3O3. The van der Waals surface area contributed by atoms with Gasteiger partial charge in [0.1, 0.15) is 6.10 Å². The molecule has 0 aliphatic heterocycles. The van der Waals surface area contributed by atoms with Gasteiger partial charge in [0.05, 0.1) is 19.8 Å². The Morgan fingerprint density at radius 3 is 1.63 bits per heavy atom. The van der Waals surface area contributed by atoms with Gasteiger partial charge in [-0.2, -0.15) is 0 Å². The topological polar surface area (TPSA) is 54.0 Å². The summed E-state index contributed by atoms with van der Waals surface area (Å²) < 4.78 is 11.5. The zero-order valence-electron chi connectivity index (χ0n) is 36.3. The van der Waals surface area contributed by atoms with Crippen molar-refractivity contribution in [2.45, 2.75) is 60.5 Å². The van der Waals surface area contributed by atoms with Crippen molar-refractivity contribution in [2.75, 3.05) is 49.0 Å². The molecule has 304 valence electrons. The number of ether oxygens (including phenoxy) is 2. The Morgan fingerprint density at radius 1 is 0.695 bits per heavy atom. The third kappa shape index (κ3) is 9.62. The molecule has 0 radical (unpaired) electrons. The molecule has 6 rings (SSSR count). The summed E-state index contributed by atoms with van der Waals surface area (Å²) in [7, 11) is 4.30. The third-order valence-electron chi connectivity index (χ3n) is 11.1. The van der Waals surface area contributed by atoms with Crippen molar-refractivity contribution in [1.82, 2.24) is 0 Å². The molecule has 0 aliphatic rings. The maximum absolute atomic E-state index is 12.5. The van der Waals surface area contributed by atoms with Crippen molar-refractivity contribution in [3.63, 3.8) is 0 Å². The monoisotopic (exact) mass is 785 g/mol. The number of esters is 1. The van der Waals surface area contributed by atoms with Crippen LogP contribution in [0.5, 0.6) is 0 Å². The maximum atomic E-state index is 12.5. The molecule has 1 unspecified atom stereocenters. The molecule has 6 aromatic carbocycles. The lowest BCUT2D eigenvalue weighted by Gasteiger charge is -2.27. The van der Waals surface area contributed by atoms with Gasteiger partial charge >= 0.3 is 5.97 Å². The van der Waals surface area contributed by atoms with Gasteiger partial charge in [0.15, 0.2) is 0 Å². The van der Waals surface area contributed by atoms with Crippen LogP contribution in [0, 0.1) is 41.5 Å². The van der Waals surface area contributed by atoms with Crippen molar-refractivity contribution >= 4 is 45.2 Å². The molecule has 0 aromatic heterocycles. The van der Waals surface area contributed by atoms with Crippen LogP contribution < -0.4 is 15.1 Å². The highest BCUT2D eigenvalue weighted by molar-refractivity contribution is 5.97. The second-order valence-corrected chi connectivity index (χ2v) is 16.0. The average molecular weight is 786 g/mol. The van der Waals surface area contributed by atoms with Crippen LogP contribution in [-0.4, -0.2) is 45.9 Å². The Hall–Kier alpha value is -6.11. The van der Waals surface area contributed by atoms with E-state index < -0.39 is 12.1 Å². The molecular weight excluding hydrogens is 727 g/mol. The molecule has 6 aromatic rings. The van der Waals surface area contributed by atoms with Crippen molar-refractivity contribution in [1.29, 1.82) is 0 Å². The minimum absolute atomic E-state index is 0.0603. The number of fused-ring (bicyclic) bond motifs is 1. The summed E-state index contributed by atoms with van der Waals surface area (Å²) in [6, 6.07) is 40.0. The van der Waals surface area contributed by atoms with Crippen LogP contribution in [0.2, 0.25) is 0 Å². The van der Waals surface area contributed by atoms with E-state index in [4.69, 9.17) is 9.47 Å². The Bertz CT molecular complexity index is 2310. The predicted octanol–water partition coefficient (Wildman–Crippen LogP) is 12.5. The van der Waals surface area contributed by atoms with E-state index in [2.05, 4.69) is 193 Å². The number of hydrogen-bond acceptors (Lipinski definition) is 6. The molecule has 0 spiro atoms. The van der Waals surface area contributed by atoms with Crippen LogP contribution in [0.1, 0.15) is 62.9 Å². The number of carbonyl (C=O) groups excluding carboxylic acids is 1. The molecule has 0 bridgehead atoms. The number of carbonyl (C=O) groups is 1. The van der Waals surface area contributed by atoms with Crippen LogP contribution in [0.4, 0.5) is 28.4 Å². The zero-order valence-corrected chi connectivity index (χ0v) is 36.3. The van der Waals surface area contributed by atoms with Crippen molar-refractivity contribution in [3.05, 3.63) is 184 Å². The lowest BCUT2D eigenvalue weighted by Crippen LogP contribution is -2.31. The van der Waals surface area contributed by atoms with Crippen molar-refractivity contribution in [3.8, 4) is 0 Å². The number of rotatable bonds is 16. The van der Waals surface area contributed by atoms with Gasteiger partial charge in [0.25, 0.3) is 0 Å². The van der Waals surface area contributed by atoms with E-state index in [1.165, 1.54) is 61.4 Å². The van der Waals surface area contributed by atoms with Crippen molar-refractivity contribution in [2.24, 2.45) is 0 Å². The first-order valence-corrected chi connectivity index (χ1v) is 20.4. The van der Waals surface area contributed by atoms with E-state index >= 15 is 0 Å². The first-order valence-electron chi connectivity index (χ1n) is 20.4. The Balaban J connectivity index is 1.40. The number of nitrogens with zero attached hydrogens (tertiary/aromatic N) is 2. The standard InChI is InChI=1S/C53H59N3O3/c1-12-27-58-33-45(59-53(57)34(2)3)32-54-49-26-25-48(46-15-13-14-16-47(46)49)50(41-17-21-43(22-18-41)55(10)51-37(6)28-35(4)29-38(51)7)42-19-23-44(24-20-42)56(11)52-39(8)30-36(5)31-40(52)9/h12-26,28-31,45,50,54H,1-2,27,32-33H2,3-11H3. The summed E-state index contributed by atoms with van der Waals surface area (Å²) in [5.74, 6) is -0.500. The summed E-state index contributed by atoms with van der Waals surface area (Å²) in [5, 5.41) is 5.79. The van der Waals surface area contributed by atoms with Gasteiger partial charge in [0, 0.05) is 59.4 Å². The first kappa shape index (κ1) is 42.5. The fraction of sp³-hybridized carbons (Fsp3) is 0.264. The van der Waals surface area contributed by atoms with Gasteiger partial charge in [-0.05, 0) is 123 Å². The van der Waals surface area contributed by atoms with E-state index in [1.807, 2.05) is 0 Å². The highest BCUT2D eigenvalue weighted by atomic mass is 16.6. The molecule has 0 heterocycles. The minimum atomic E-state index is -0.515. The lowest BCUT2D eigenvalue weighted by atomic mass is 9.82.